The van der Waals surface area contributed by atoms with Gasteiger partial charge in [0.15, 0.2) is 11.5 Å². The van der Waals surface area contributed by atoms with Gasteiger partial charge in [-0.15, -0.1) is 0 Å². The van der Waals surface area contributed by atoms with Crippen molar-refractivity contribution in [2.24, 2.45) is 11.3 Å². The highest BCUT2D eigenvalue weighted by atomic mass is 16.7. The molecule has 9 heteroatoms. The zero-order valence-corrected chi connectivity index (χ0v) is 24.0. The lowest BCUT2D eigenvalue weighted by Gasteiger charge is -2.35. The quantitative estimate of drug-likeness (QED) is 0.311. The molecule has 1 fully saturated rings. The van der Waals surface area contributed by atoms with Crippen LogP contribution in [0.15, 0.2) is 12.1 Å². The number of carbonyl (C=O) groups is 2. The number of methoxy groups -OCH3 is 1. The van der Waals surface area contributed by atoms with Crippen LogP contribution in [-0.4, -0.2) is 73.1 Å². The molecule has 38 heavy (non-hydrogen) atoms. The summed E-state index contributed by atoms with van der Waals surface area (Å²) in [6, 6.07) is 3.41. The number of unbranched alkanes of at least 4 members (excludes halogenated alkanes) is 1. The summed E-state index contributed by atoms with van der Waals surface area (Å²) in [7, 11) is 1.56. The number of hydrogen-bond donors (Lipinski definition) is 1. The van der Waals surface area contributed by atoms with Crippen molar-refractivity contribution in [2.75, 3.05) is 40.1 Å². The van der Waals surface area contributed by atoms with Gasteiger partial charge in [0.25, 0.3) is 5.91 Å². The number of rotatable bonds is 15. The molecule has 0 aliphatic carbocycles. The summed E-state index contributed by atoms with van der Waals surface area (Å²) >= 11 is 0. The molecular weight excluding hydrogens is 488 g/mol. The molecule has 0 bridgehead atoms. The van der Waals surface area contributed by atoms with Gasteiger partial charge in [-0.2, -0.15) is 0 Å². The van der Waals surface area contributed by atoms with Gasteiger partial charge in [0.2, 0.25) is 12.5 Å². The highest BCUT2D eigenvalue weighted by Gasteiger charge is 2.49. The lowest BCUT2D eigenvalue weighted by molar-refractivity contribution is -0.188. The normalized spacial score (nSPS) is 21.1. The van der Waals surface area contributed by atoms with Crippen LogP contribution in [0, 0.1) is 11.3 Å². The predicted octanol–water partition coefficient (Wildman–Crippen LogP) is 5.08. The Morgan fingerprint density at radius 3 is 2.55 bits per heavy atom. The van der Waals surface area contributed by atoms with E-state index in [0.717, 1.165) is 37.7 Å². The Hall–Kier alpha value is -2.52. The number of carbonyl (C=O) groups excluding carboxylic acids is 1. The second-order valence-electron chi connectivity index (χ2n) is 11.2. The molecule has 2 aliphatic rings. The maximum Gasteiger partial charge on any atom is 0.308 e. The van der Waals surface area contributed by atoms with Crippen LogP contribution in [0.1, 0.15) is 84.6 Å². The van der Waals surface area contributed by atoms with Crippen molar-refractivity contribution in [1.29, 1.82) is 0 Å². The molecule has 1 amide bonds. The van der Waals surface area contributed by atoms with Crippen LogP contribution in [0.25, 0.3) is 0 Å². The third-order valence-electron chi connectivity index (χ3n) is 7.61. The third-order valence-corrected chi connectivity index (χ3v) is 7.61. The largest absolute Gasteiger partial charge is 0.493 e. The highest BCUT2D eigenvalue weighted by molar-refractivity contribution is 5.78. The fourth-order valence-electron chi connectivity index (χ4n) is 5.81. The number of benzene rings is 1. The second-order valence-corrected chi connectivity index (χ2v) is 11.2. The molecule has 3 rings (SSSR count). The number of amides is 1. The molecule has 0 unspecified atom stereocenters. The van der Waals surface area contributed by atoms with E-state index >= 15 is 0 Å². The molecule has 0 spiro atoms. The van der Waals surface area contributed by atoms with Crippen molar-refractivity contribution in [1.82, 2.24) is 9.96 Å². The number of ether oxygens (including phenoxy) is 3. The topological polar surface area (TPSA) is 97.8 Å². The Kier molecular flexibility index (Phi) is 10.7. The lowest BCUT2D eigenvalue weighted by atomic mass is 9.76. The number of nitrogens with zero attached hydrogens (tertiary/aromatic N) is 2. The van der Waals surface area contributed by atoms with Gasteiger partial charge in [-0.3, -0.25) is 19.3 Å². The molecule has 0 radical (unpaired) electrons. The van der Waals surface area contributed by atoms with Crippen molar-refractivity contribution in [3.05, 3.63) is 17.7 Å². The summed E-state index contributed by atoms with van der Waals surface area (Å²) in [6.45, 7) is 12.3. The van der Waals surface area contributed by atoms with E-state index in [1.807, 2.05) is 19.1 Å². The predicted molar refractivity (Wildman–Crippen MR) is 145 cm³/mol. The van der Waals surface area contributed by atoms with Crippen LogP contribution < -0.4 is 14.2 Å². The first-order valence-electron chi connectivity index (χ1n) is 14.0. The molecule has 1 aromatic carbocycles. The monoisotopic (exact) mass is 534 g/mol. The summed E-state index contributed by atoms with van der Waals surface area (Å²) in [4.78, 5) is 34.2. The van der Waals surface area contributed by atoms with Gasteiger partial charge in [-0.1, -0.05) is 47.5 Å². The number of likely N-dealkylation sites (tertiary alicyclic amines) is 1. The van der Waals surface area contributed by atoms with Gasteiger partial charge in [0.1, 0.15) is 0 Å². The van der Waals surface area contributed by atoms with Gasteiger partial charge in [0.05, 0.1) is 26.2 Å². The van der Waals surface area contributed by atoms with Crippen molar-refractivity contribution in [3.8, 4) is 17.2 Å². The summed E-state index contributed by atoms with van der Waals surface area (Å²) in [5.41, 5.74) is 0.744. The Balaban J connectivity index is 1.96. The molecular formula is C29H46N2O7. The highest BCUT2D eigenvalue weighted by Crippen LogP contribution is 2.48. The van der Waals surface area contributed by atoms with E-state index in [0.29, 0.717) is 43.4 Å². The van der Waals surface area contributed by atoms with Gasteiger partial charge >= 0.3 is 5.97 Å². The summed E-state index contributed by atoms with van der Waals surface area (Å²) in [6.07, 6.45) is 5.26. The number of fused-ring (bicyclic) bond motifs is 1. The Morgan fingerprint density at radius 2 is 1.92 bits per heavy atom. The number of carboxylic acids is 1. The summed E-state index contributed by atoms with van der Waals surface area (Å²) < 4.78 is 16.7. The minimum absolute atomic E-state index is 0.0729. The first-order valence-corrected chi connectivity index (χ1v) is 14.0. The number of hydrogen-bond acceptors (Lipinski definition) is 7. The van der Waals surface area contributed by atoms with Gasteiger partial charge in [0, 0.05) is 25.0 Å². The van der Waals surface area contributed by atoms with Crippen LogP contribution in [0.4, 0.5) is 0 Å². The number of aliphatic carboxylic acids is 1. The molecule has 9 nitrogen and oxygen atoms in total. The SMILES string of the molecule is CCCCN(OCCC)C(=O)CN1C[C@H](c2cc(OC)c3c(c2)OCO3)[C@@H](C(=O)O)[C@@H]1CC(C)(C)CCC. The van der Waals surface area contributed by atoms with E-state index < -0.39 is 11.9 Å². The van der Waals surface area contributed by atoms with E-state index in [-0.39, 0.29) is 36.6 Å². The summed E-state index contributed by atoms with van der Waals surface area (Å²) in [5.74, 6) is -0.401. The van der Waals surface area contributed by atoms with Crippen LogP contribution in [0.3, 0.4) is 0 Å². The molecule has 0 aromatic heterocycles. The molecule has 1 aromatic rings. The molecule has 1 saturated heterocycles. The molecule has 1 N–H and O–H groups in total. The van der Waals surface area contributed by atoms with E-state index in [2.05, 4.69) is 32.6 Å². The molecule has 2 heterocycles. The number of hydroxylamine groups is 2. The van der Waals surface area contributed by atoms with Crippen molar-refractivity contribution in [3.63, 3.8) is 0 Å². The zero-order valence-electron chi connectivity index (χ0n) is 24.0. The van der Waals surface area contributed by atoms with Crippen molar-refractivity contribution < 1.29 is 33.7 Å². The third kappa shape index (κ3) is 7.11. The average Bonchev–Trinajstić information content (AvgIpc) is 3.48. The van der Waals surface area contributed by atoms with Crippen molar-refractivity contribution in [2.45, 2.75) is 85.1 Å². The molecule has 2 aliphatic heterocycles. The van der Waals surface area contributed by atoms with E-state index in [1.54, 1.807) is 7.11 Å². The van der Waals surface area contributed by atoms with E-state index in [9.17, 15) is 14.7 Å². The van der Waals surface area contributed by atoms with E-state index in [1.165, 1.54) is 5.06 Å². The van der Waals surface area contributed by atoms with Gasteiger partial charge < -0.3 is 19.3 Å². The Labute approximate surface area is 227 Å². The van der Waals surface area contributed by atoms with Crippen LogP contribution in [-0.2, 0) is 14.4 Å². The fraction of sp³-hybridized carbons (Fsp3) is 0.724. The average molecular weight is 535 g/mol. The second kappa shape index (κ2) is 13.5. The van der Waals surface area contributed by atoms with Crippen LogP contribution >= 0.6 is 0 Å². The number of carboxylic acid groups (broad SMARTS) is 1. The molecule has 0 saturated carbocycles. The van der Waals surface area contributed by atoms with Crippen LogP contribution in [0.5, 0.6) is 17.2 Å². The van der Waals surface area contributed by atoms with Gasteiger partial charge in [-0.05, 0) is 48.8 Å². The maximum absolute atomic E-state index is 13.5. The van der Waals surface area contributed by atoms with Crippen molar-refractivity contribution >= 4 is 11.9 Å². The standard InChI is InChI=1S/C29H46N2O7/c1-7-10-12-31(38-13-9-3)25(32)18-30-17-21(20-14-23(35-6)27-24(15-20)36-19-37-27)26(28(33)34)22(30)16-29(4,5)11-8-2/h14-15,21-22,26H,7-13,16-19H2,1-6H3,(H,33,34)/t21-,22+,26-/m1/s1. The Bertz CT molecular complexity index is 943. The van der Waals surface area contributed by atoms with E-state index in [4.69, 9.17) is 19.0 Å². The minimum atomic E-state index is -0.857. The molecule has 214 valence electrons. The maximum atomic E-state index is 13.5. The first kappa shape index (κ1) is 30.0. The summed E-state index contributed by atoms with van der Waals surface area (Å²) in [5, 5.41) is 12.0. The first-order chi connectivity index (χ1) is 18.1. The lowest BCUT2D eigenvalue weighted by Crippen LogP contribution is -2.45. The van der Waals surface area contributed by atoms with Crippen LogP contribution in [0.2, 0.25) is 0 Å². The van der Waals surface area contributed by atoms with Gasteiger partial charge in [-0.25, -0.2) is 5.06 Å². The minimum Gasteiger partial charge on any atom is -0.493 e. The smallest absolute Gasteiger partial charge is 0.308 e. The Morgan fingerprint density at radius 1 is 1.16 bits per heavy atom. The molecule has 3 atom stereocenters. The fourth-order valence-corrected chi connectivity index (χ4v) is 5.81. The zero-order chi connectivity index (χ0) is 27.9.